The van der Waals surface area contributed by atoms with Gasteiger partial charge in [-0.3, -0.25) is 0 Å². The summed E-state index contributed by atoms with van der Waals surface area (Å²) in [5.41, 5.74) is 13.0. The largest absolute Gasteiger partial charge is 0.358 e. The number of nitrogens with one attached hydrogen (secondary N) is 1. The van der Waals surface area contributed by atoms with Crippen molar-refractivity contribution in [3.05, 3.63) is 34.5 Å². The molecule has 2 aromatic rings. The van der Waals surface area contributed by atoms with Crippen molar-refractivity contribution in [2.75, 3.05) is 0 Å². The van der Waals surface area contributed by atoms with E-state index >= 15 is 0 Å². The summed E-state index contributed by atoms with van der Waals surface area (Å²) in [5.74, 6) is 0. The fourth-order valence-corrected chi connectivity index (χ4v) is 3.16. The van der Waals surface area contributed by atoms with Gasteiger partial charge >= 0.3 is 0 Å². The van der Waals surface area contributed by atoms with Gasteiger partial charge in [-0.05, 0) is 50.3 Å². The van der Waals surface area contributed by atoms with Gasteiger partial charge in [0.25, 0.3) is 0 Å². The molecule has 17 heavy (non-hydrogen) atoms. The van der Waals surface area contributed by atoms with Crippen molar-refractivity contribution in [1.82, 2.24) is 4.98 Å². The number of aromatic amines is 1. The standard InChI is InChI=1S/C15H20N2/c1-9-7-10(2)15-11(8-9)14-12(16)5-3-4-6-13(14)17-15/h7-8,12,17H,3-6,16H2,1-2H3. The predicted molar refractivity (Wildman–Crippen MR) is 72.3 cm³/mol. The molecule has 2 heteroatoms. The summed E-state index contributed by atoms with van der Waals surface area (Å²) in [4.78, 5) is 3.60. The number of hydrogen-bond acceptors (Lipinski definition) is 1. The fraction of sp³-hybridized carbons (Fsp3) is 0.467. The fourth-order valence-electron chi connectivity index (χ4n) is 3.16. The normalized spacial score (nSPS) is 20.3. The van der Waals surface area contributed by atoms with Gasteiger partial charge in [-0.2, -0.15) is 0 Å². The van der Waals surface area contributed by atoms with E-state index in [2.05, 4.69) is 31.0 Å². The third kappa shape index (κ3) is 1.67. The van der Waals surface area contributed by atoms with Gasteiger partial charge in [0.1, 0.15) is 0 Å². The molecule has 0 fully saturated rings. The van der Waals surface area contributed by atoms with E-state index in [0.29, 0.717) is 0 Å². The molecular weight excluding hydrogens is 208 g/mol. The van der Waals surface area contributed by atoms with Crippen LogP contribution in [0.15, 0.2) is 12.1 Å². The first kappa shape index (κ1) is 10.8. The van der Waals surface area contributed by atoms with Gasteiger partial charge in [0.05, 0.1) is 0 Å². The van der Waals surface area contributed by atoms with E-state index in [1.807, 2.05) is 0 Å². The van der Waals surface area contributed by atoms with E-state index in [9.17, 15) is 0 Å². The Labute approximate surface area is 102 Å². The first-order valence-corrected chi connectivity index (χ1v) is 6.54. The zero-order valence-electron chi connectivity index (χ0n) is 10.6. The lowest BCUT2D eigenvalue weighted by Crippen LogP contribution is -2.09. The zero-order chi connectivity index (χ0) is 12.0. The van der Waals surface area contributed by atoms with E-state index in [-0.39, 0.29) is 6.04 Å². The summed E-state index contributed by atoms with van der Waals surface area (Å²) in [6.45, 7) is 4.34. The van der Waals surface area contributed by atoms with Crippen LogP contribution in [-0.4, -0.2) is 4.98 Å². The maximum Gasteiger partial charge on any atom is 0.0489 e. The molecule has 0 saturated heterocycles. The minimum Gasteiger partial charge on any atom is -0.358 e. The minimum atomic E-state index is 0.211. The van der Waals surface area contributed by atoms with Crippen molar-refractivity contribution >= 4 is 10.9 Å². The Morgan fingerprint density at radius 3 is 2.88 bits per heavy atom. The van der Waals surface area contributed by atoms with E-state index < -0.39 is 0 Å². The molecule has 1 heterocycles. The quantitative estimate of drug-likeness (QED) is 0.666. The average Bonchev–Trinajstić information content (AvgIpc) is 2.53. The number of aryl methyl sites for hydroxylation is 3. The van der Waals surface area contributed by atoms with Gasteiger partial charge in [-0.25, -0.2) is 0 Å². The maximum absolute atomic E-state index is 6.34. The van der Waals surface area contributed by atoms with Gasteiger partial charge in [0.15, 0.2) is 0 Å². The first-order chi connectivity index (χ1) is 8.16. The summed E-state index contributed by atoms with van der Waals surface area (Å²) < 4.78 is 0. The highest BCUT2D eigenvalue weighted by molar-refractivity contribution is 5.88. The third-order valence-corrected chi connectivity index (χ3v) is 3.93. The Hall–Kier alpha value is -1.28. The molecule has 1 aromatic heterocycles. The zero-order valence-corrected chi connectivity index (χ0v) is 10.6. The number of nitrogens with two attached hydrogens (primary N) is 1. The van der Waals surface area contributed by atoms with Gasteiger partial charge in [0, 0.05) is 22.6 Å². The lowest BCUT2D eigenvalue weighted by atomic mass is 9.99. The number of fused-ring (bicyclic) bond motifs is 3. The molecular formula is C15H20N2. The van der Waals surface area contributed by atoms with Gasteiger partial charge in [0.2, 0.25) is 0 Å². The summed E-state index contributed by atoms with van der Waals surface area (Å²) >= 11 is 0. The molecule has 1 aliphatic carbocycles. The highest BCUT2D eigenvalue weighted by atomic mass is 14.8. The molecule has 2 nitrogen and oxygen atoms in total. The second-order valence-electron chi connectivity index (χ2n) is 5.37. The molecule has 0 radical (unpaired) electrons. The molecule has 90 valence electrons. The molecule has 0 amide bonds. The number of hydrogen-bond donors (Lipinski definition) is 2. The van der Waals surface area contributed by atoms with Crippen LogP contribution in [-0.2, 0) is 6.42 Å². The number of aromatic nitrogens is 1. The number of rotatable bonds is 0. The monoisotopic (exact) mass is 228 g/mol. The SMILES string of the molecule is Cc1cc(C)c2[nH]c3c(c2c1)C(N)CCCC3. The lowest BCUT2D eigenvalue weighted by Gasteiger charge is -2.09. The molecule has 1 atom stereocenters. The van der Waals surface area contributed by atoms with Crippen molar-refractivity contribution in [2.45, 2.75) is 45.6 Å². The molecule has 0 saturated carbocycles. The number of benzene rings is 1. The van der Waals surface area contributed by atoms with Crippen LogP contribution in [0.1, 0.15) is 47.7 Å². The van der Waals surface area contributed by atoms with E-state index in [4.69, 9.17) is 5.73 Å². The van der Waals surface area contributed by atoms with Crippen LogP contribution in [0.2, 0.25) is 0 Å². The van der Waals surface area contributed by atoms with Crippen LogP contribution in [0.3, 0.4) is 0 Å². The number of H-pyrrole nitrogens is 1. The maximum atomic E-state index is 6.34. The van der Waals surface area contributed by atoms with Gasteiger partial charge in [-0.15, -0.1) is 0 Å². The summed E-state index contributed by atoms with van der Waals surface area (Å²) in [6.07, 6.45) is 4.77. The Bertz CT molecular complexity index is 566. The van der Waals surface area contributed by atoms with Crippen molar-refractivity contribution < 1.29 is 0 Å². The highest BCUT2D eigenvalue weighted by Crippen LogP contribution is 2.35. The summed E-state index contributed by atoms with van der Waals surface area (Å²) in [7, 11) is 0. The van der Waals surface area contributed by atoms with Crippen molar-refractivity contribution in [2.24, 2.45) is 5.73 Å². The highest BCUT2D eigenvalue weighted by Gasteiger charge is 2.21. The lowest BCUT2D eigenvalue weighted by molar-refractivity contribution is 0.617. The second kappa shape index (κ2) is 3.88. The topological polar surface area (TPSA) is 41.8 Å². The summed E-state index contributed by atoms with van der Waals surface area (Å²) in [5, 5.41) is 1.35. The molecule has 1 aromatic carbocycles. The Kier molecular flexibility index (Phi) is 2.48. The van der Waals surface area contributed by atoms with Crippen LogP contribution in [0.4, 0.5) is 0 Å². The van der Waals surface area contributed by atoms with Gasteiger partial charge in [-0.1, -0.05) is 18.1 Å². The van der Waals surface area contributed by atoms with Crippen LogP contribution >= 0.6 is 0 Å². The third-order valence-electron chi connectivity index (χ3n) is 3.93. The van der Waals surface area contributed by atoms with Crippen LogP contribution in [0, 0.1) is 13.8 Å². The first-order valence-electron chi connectivity index (χ1n) is 6.54. The average molecular weight is 228 g/mol. The van der Waals surface area contributed by atoms with E-state index in [1.165, 1.54) is 46.1 Å². The van der Waals surface area contributed by atoms with Crippen molar-refractivity contribution in [1.29, 1.82) is 0 Å². The Morgan fingerprint density at radius 1 is 1.24 bits per heavy atom. The van der Waals surface area contributed by atoms with E-state index in [1.54, 1.807) is 0 Å². The van der Waals surface area contributed by atoms with Crippen LogP contribution in [0.25, 0.3) is 10.9 Å². The Balaban J connectivity index is 2.32. The smallest absolute Gasteiger partial charge is 0.0489 e. The second-order valence-corrected chi connectivity index (χ2v) is 5.37. The van der Waals surface area contributed by atoms with Gasteiger partial charge < -0.3 is 10.7 Å². The molecule has 0 aliphatic heterocycles. The van der Waals surface area contributed by atoms with Crippen LogP contribution < -0.4 is 5.73 Å². The Morgan fingerprint density at radius 2 is 2.06 bits per heavy atom. The molecule has 3 rings (SSSR count). The van der Waals surface area contributed by atoms with Crippen LogP contribution in [0.5, 0.6) is 0 Å². The van der Waals surface area contributed by atoms with E-state index in [0.717, 1.165) is 12.8 Å². The van der Waals surface area contributed by atoms with Crippen molar-refractivity contribution in [3.8, 4) is 0 Å². The summed E-state index contributed by atoms with van der Waals surface area (Å²) in [6, 6.07) is 4.73. The predicted octanol–water partition coefficient (Wildman–Crippen LogP) is 3.51. The van der Waals surface area contributed by atoms with Crippen molar-refractivity contribution in [3.63, 3.8) is 0 Å². The minimum absolute atomic E-state index is 0.211. The molecule has 1 unspecified atom stereocenters. The molecule has 0 bridgehead atoms. The molecule has 3 N–H and O–H groups in total. The molecule has 0 spiro atoms. The molecule has 1 aliphatic rings.